The molecule has 0 aromatic heterocycles. The van der Waals surface area contributed by atoms with E-state index in [4.69, 9.17) is 11.6 Å². The molecular formula is C19H13ClFNO. The molecule has 1 N–H and O–H groups in total. The van der Waals surface area contributed by atoms with Gasteiger partial charge in [0.05, 0.1) is 10.6 Å². The summed E-state index contributed by atoms with van der Waals surface area (Å²) in [5.74, 6) is -1.16. The third kappa shape index (κ3) is 2.28. The normalized spacial score (nSPS) is 12.6. The van der Waals surface area contributed by atoms with Crippen LogP contribution in [0, 0.1) is 5.82 Å². The fourth-order valence-corrected chi connectivity index (χ4v) is 3.50. The topological polar surface area (TPSA) is 29.1 Å². The Morgan fingerprint density at radius 1 is 1.00 bits per heavy atom. The Labute approximate surface area is 137 Å². The lowest BCUT2D eigenvalue weighted by molar-refractivity contribution is 0.102. The highest BCUT2D eigenvalue weighted by atomic mass is 35.5. The summed E-state index contributed by atoms with van der Waals surface area (Å²) in [4.78, 5) is 12.4. The molecular weight excluding hydrogens is 313 g/mol. The molecule has 4 heteroatoms. The summed E-state index contributed by atoms with van der Waals surface area (Å²) in [6.07, 6.45) is 2.03. The van der Waals surface area contributed by atoms with Crippen LogP contribution in [0.3, 0.4) is 0 Å². The number of nitrogens with one attached hydrogen (secondary N) is 1. The van der Waals surface area contributed by atoms with E-state index in [1.807, 2.05) is 24.3 Å². The minimum atomic E-state index is -0.624. The molecule has 0 fully saturated rings. The van der Waals surface area contributed by atoms with Gasteiger partial charge in [-0.05, 0) is 47.6 Å². The van der Waals surface area contributed by atoms with E-state index in [-0.39, 0.29) is 10.6 Å². The summed E-state index contributed by atoms with van der Waals surface area (Å²) in [5, 5.41) is 5.09. The molecule has 0 aliphatic heterocycles. The van der Waals surface area contributed by atoms with Crippen LogP contribution in [-0.4, -0.2) is 5.91 Å². The van der Waals surface area contributed by atoms with Crippen LogP contribution in [0.2, 0.25) is 5.02 Å². The van der Waals surface area contributed by atoms with Crippen LogP contribution >= 0.6 is 11.6 Å². The van der Waals surface area contributed by atoms with E-state index in [9.17, 15) is 9.18 Å². The molecule has 0 radical (unpaired) electrons. The van der Waals surface area contributed by atoms with E-state index in [0.29, 0.717) is 5.69 Å². The van der Waals surface area contributed by atoms with Crippen LogP contribution in [0.25, 0.3) is 10.8 Å². The first-order chi connectivity index (χ1) is 11.1. The molecule has 1 aliphatic rings. The van der Waals surface area contributed by atoms with Crippen molar-refractivity contribution in [3.63, 3.8) is 0 Å². The molecule has 114 valence electrons. The number of hydrogen-bond acceptors (Lipinski definition) is 1. The second-order valence-corrected chi connectivity index (χ2v) is 6.07. The summed E-state index contributed by atoms with van der Waals surface area (Å²) in [5.41, 5.74) is 3.13. The molecule has 1 aliphatic carbocycles. The quantitative estimate of drug-likeness (QED) is 0.707. The number of aryl methyl sites for hydroxylation is 2. The highest BCUT2D eigenvalue weighted by Gasteiger charge is 2.19. The molecule has 0 bridgehead atoms. The Kier molecular flexibility index (Phi) is 3.31. The van der Waals surface area contributed by atoms with Crippen LogP contribution in [0.5, 0.6) is 0 Å². The Hall–Kier alpha value is -2.39. The van der Waals surface area contributed by atoms with Crippen molar-refractivity contribution in [3.8, 4) is 0 Å². The average molecular weight is 326 g/mol. The first-order valence-electron chi connectivity index (χ1n) is 7.44. The number of anilines is 1. The zero-order valence-electron chi connectivity index (χ0n) is 12.2. The van der Waals surface area contributed by atoms with Crippen molar-refractivity contribution in [1.82, 2.24) is 0 Å². The van der Waals surface area contributed by atoms with Crippen LogP contribution in [0.4, 0.5) is 10.1 Å². The van der Waals surface area contributed by atoms with Gasteiger partial charge in [-0.3, -0.25) is 4.79 Å². The standard InChI is InChI=1S/C19H13ClFNO/c20-14-5-2-6-15(21)18(14)19(23)22-16-10-9-12-8-7-11-3-1-4-13(16)17(11)12/h1-6,9-10H,7-8H2,(H,22,23). The van der Waals surface area contributed by atoms with Gasteiger partial charge in [-0.15, -0.1) is 0 Å². The molecule has 0 saturated carbocycles. The fraction of sp³-hybridized carbons (Fsp3) is 0.105. The Morgan fingerprint density at radius 3 is 2.52 bits per heavy atom. The zero-order valence-corrected chi connectivity index (χ0v) is 13.0. The van der Waals surface area contributed by atoms with E-state index in [2.05, 4.69) is 11.4 Å². The number of hydrogen-bond donors (Lipinski definition) is 1. The van der Waals surface area contributed by atoms with Crippen LogP contribution in [0.15, 0.2) is 48.5 Å². The van der Waals surface area contributed by atoms with Gasteiger partial charge in [0.15, 0.2) is 0 Å². The van der Waals surface area contributed by atoms with Gasteiger partial charge in [-0.2, -0.15) is 0 Å². The minimum absolute atomic E-state index is 0.105. The van der Waals surface area contributed by atoms with E-state index in [1.54, 1.807) is 0 Å². The highest BCUT2D eigenvalue weighted by Crippen LogP contribution is 2.35. The van der Waals surface area contributed by atoms with Gasteiger partial charge in [-0.1, -0.05) is 41.9 Å². The number of carbonyl (C=O) groups excluding carboxylic acids is 1. The maximum absolute atomic E-state index is 13.9. The van der Waals surface area contributed by atoms with Crippen LogP contribution < -0.4 is 5.32 Å². The Balaban J connectivity index is 1.79. The predicted octanol–water partition coefficient (Wildman–Crippen LogP) is 4.98. The smallest absolute Gasteiger partial charge is 0.260 e. The van der Waals surface area contributed by atoms with Gasteiger partial charge < -0.3 is 5.32 Å². The molecule has 0 unspecified atom stereocenters. The third-order valence-electron chi connectivity index (χ3n) is 4.31. The highest BCUT2D eigenvalue weighted by molar-refractivity contribution is 6.34. The number of benzene rings is 3. The van der Waals surface area contributed by atoms with Crippen molar-refractivity contribution in [2.75, 3.05) is 5.32 Å². The van der Waals surface area contributed by atoms with Gasteiger partial charge in [0, 0.05) is 11.1 Å². The lowest BCUT2D eigenvalue weighted by Crippen LogP contribution is -2.14. The summed E-state index contributed by atoms with van der Waals surface area (Å²) >= 11 is 5.97. The molecule has 0 spiro atoms. The van der Waals surface area contributed by atoms with E-state index in [1.165, 1.54) is 34.7 Å². The Morgan fingerprint density at radius 2 is 1.74 bits per heavy atom. The third-order valence-corrected chi connectivity index (χ3v) is 4.63. The molecule has 23 heavy (non-hydrogen) atoms. The number of carbonyl (C=O) groups is 1. The van der Waals surface area contributed by atoms with Crippen LogP contribution in [0.1, 0.15) is 21.5 Å². The van der Waals surface area contributed by atoms with Crippen molar-refractivity contribution < 1.29 is 9.18 Å². The lowest BCUT2D eigenvalue weighted by Gasteiger charge is -2.11. The first kappa shape index (κ1) is 14.2. The number of rotatable bonds is 2. The SMILES string of the molecule is O=C(Nc1ccc2c3c(cccc13)CC2)c1c(F)cccc1Cl. The van der Waals surface area contributed by atoms with Gasteiger partial charge in [0.2, 0.25) is 0 Å². The largest absolute Gasteiger partial charge is 0.321 e. The molecule has 3 aromatic carbocycles. The molecule has 3 aromatic rings. The monoisotopic (exact) mass is 325 g/mol. The molecule has 0 saturated heterocycles. The number of amides is 1. The van der Waals surface area contributed by atoms with Gasteiger partial charge in [-0.25, -0.2) is 4.39 Å². The van der Waals surface area contributed by atoms with Gasteiger partial charge in [0.25, 0.3) is 5.91 Å². The lowest BCUT2D eigenvalue weighted by atomic mass is 10.0. The second kappa shape index (κ2) is 5.36. The second-order valence-electron chi connectivity index (χ2n) is 5.66. The van der Waals surface area contributed by atoms with Gasteiger partial charge in [0.1, 0.15) is 5.82 Å². The average Bonchev–Trinajstić information content (AvgIpc) is 2.95. The summed E-state index contributed by atoms with van der Waals surface area (Å²) in [7, 11) is 0. The molecule has 0 atom stereocenters. The van der Waals surface area contributed by atoms with E-state index >= 15 is 0 Å². The summed E-state index contributed by atoms with van der Waals surface area (Å²) in [6, 6.07) is 14.2. The maximum Gasteiger partial charge on any atom is 0.260 e. The van der Waals surface area contributed by atoms with Gasteiger partial charge >= 0.3 is 0 Å². The predicted molar refractivity (Wildman–Crippen MR) is 90.7 cm³/mol. The van der Waals surface area contributed by atoms with E-state index < -0.39 is 11.7 Å². The minimum Gasteiger partial charge on any atom is -0.321 e. The fourth-order valence-electron chi connectivity index (χ4n) is 3.26. The summed E-state index contributed by atoms with van der Waals surface area (Å²) < 4.78 is 13.9. The molecule has 1 amide bonds. The van der Waals surface area contributed by atoms with Crippen molar-refractivity contribution in [1.29, 1.82) is 0 Å². The van der Waals surface area contributed by atoms with Crippen molar-refractivity contribution in [2.24, 2.45) is 0 Å². The van der Waals surface area contributed by atoms with Crippen LogP contribution in [-0.2, 0) is 12.8 Å². The molecule has 2 nitrogen and oxygen atoms in total. The van der Waals surface area contributed by atoms with Crippen molar-refractivity contribution >= 4 is 34.0 Å². The van der Waals surface area contributed by atoms with Crippen molar-refractivity contribution in [3.05, 3.63) is 76.1 Å². The number of halogens is 2. The Bertz CT molecular complexity index is 921. The molecule has 0 heterocycles. The molecule has 4 rings (SSSR count). The maximum atomic E-state index is 13.9. The first-order valence-corrected chi connectivity index (χ1v) is 7.82. The zero-order chi connectivity index (χ0) is 16.0. The summed E-state index contributed by atoms with van der Waals surface area (Å²) in [6.45, 7) is 0. The van der Waals surface area contributed by atoms with Crippen molar-refractivity contribution in [2.45, 2.75) is 12.8 Å². The van der Waals surface area contributed by atoms with E-state index in [0.717, 1.165) is 18.2 Å².